The highest BCUT2D eigenvalue weighted by Gasteiger charge is 2.15. The predicted octanol–water partition coefficient (Wildman–Crippen LogP) is 2.50. The summed E-state index contributed by atoms with van der Waals surface area (Å²) < 4.78 is 13.9. The van der Waals surface area contributed by atoms with Gasteiger partial charge in [0, 0.05) is 6.54 Å². The minimum atomic E-state index is -0.505. The molecular formula is C14H18FN3O2S. The second kappa shape index (κ2) is 6.36. The topological polar surface area (TPSA) is 80.9 Å². The van der Waals surface area contributed by atoms with Crippen molar-refractivity contribution in [1.82, 2.24) is 15.3 Å². The number of carbonyl (C=O) groups excluding carboxylic acids is 1. The van der Waals surface area contributed by atoms with Gasteiger partial charge in [0.1, 0.15) is 5.82 Å². The van der Waals surface area contributed by atoms with Crippen LogP contribution < -0.4 is 5.32 Å². The first kappa shape index (κ1) is 15.7. The van der Waals surface area contributed by atoms with E-state index in [1.807, 2.05) is 6.92 Å². The van der Waals surface area contributed by atoms with Crippen LogP contribution in [0, 0.1) is 16.5 Å². The Morgan fingerprint density at radius 1 is 1.43 bits per heavy atom. The molecule has 114 valence electrons. The molecule has 1 aromatic heterocycles. The van der Waals surface area contributed by atoms with Crippen LogP contribution in [0.1, 0.15) is 30.6 Å². The van der Waals surface area contributed by atoms with Gasteiger partial charge in [0.15, 0.2) is 4.77 Å². The molecule has 1 aromatic carbocycles. The van der Waals surface area contributed by atoms with Gasteiger partial charge >= 0.3 is 0 Å². The number of fused-ring (bicyclic) bond motifs is 1. The highest BCUT2D eigenvalue weighted by molar-refractivity contribution is 7.71. The molecule has 2 aromatic rings. The van der Waals surface area contributed by atoms with Crippen molar-refractivity contribution >= 4 is 29.2 Å². The van der Waals surface area contributed by atoms with E-state index in [0.29, 0.717) is 28.8 Å². The van der Waals surface area contributed by atoms with E-state index in [9.17, 15) is 14.3 Å². The van der Waals surface area contributed by atoms with Crippen LogP contribution in [0.4, 0.5) is 4.39 Å². The van der Waals surface area contributed by atoms with Crippen molar-refractivity contribution in [3.05, 3.63) is 28.3 Å². The number of aromatic nitrogens is 2. The molecule has 2 atom stereocenters. The highest BCUT2D eigenvalue weighted by Crippen LogP contribution is 2.18. The lowest BCUT2D eigenvalue weighted by Gasteiger charge is -2.14. The Hall–Kier alpha value is -1.73. The maximum absolute atomic E-state index is 13.6. The molecule has 0 bridgehead atoms. The van der Waals surface area contributed by atoms with Crippen LogP contribution in [-0.4, -0.2) is 33.6 Å². The Morgan fingerprint density at radius 2 is 2.14 bits per heavy atom. The number of amides is 1. The van der Waals surface area contributed by atoms with E-state index in [1.54, 1.807) is 6.92 Å². The Morgan fingerprint density at radius 3 is 2.81 bits per heavy atom. The van der Waals surface area contributed by atoms with Gasteiger partial charge in [-0.15, -0.1) is 0 Å². The van der Waals surface area contributed by atoms with Crippen molar-refractivity contribution in [3.63, 3.8) is 0 Å². The fourth-order valence-corrected chi connectivity index (χ4v) is 2.53. The third kappa shape index (κ3) is 3.89. The standard InChI is InChI=1S/C14H18FN3O2S/c1-7(3-8(2)19)6-16-13(20)10-4-9(15)5-11-12(10)18-14(21)17-11/h4-5,7-8,19H,3,6H2,1-2H3,(H,16,20)(H2,17,18,21). The lowest BCUT2D eigenvalue weighted by molar-refractivity contribution is 0.0940. The molecule has 0 aliphatic carbocycles. The number of aliphatic hydroxyl groups excluding tert-OH is 1. The molecule has 5 nitrogen and oxygen atoms in total. The summed E-state index contributed by atoms with van der Waals surface area (Å²) in [6, 6.07) is 2.46. The number of carbonyl (C=O) groups is 1. The Balaban J connectivity index is 2.17. The monoisotopic (exact) mass is 311 g/mol. The summed E-state index contributed by atoms with van der Waals surface area (Å²) in [4.78, 5) is 17.8. The van der Waals surface area contributed by atoms with Gasteiger partial charge < -0.3 is 20.4 Å². The number of aromatic amines is 2. The van der Waals surface area contributed by atoms with E-state index in [-0.39, 0.29) is 17.4 Å². The smallest absolute Gasteiger partial charge is 0.253 e. The van der Waals surface area contributed by atoms with Crippen molar-refractivity contribution in [2.45, 2.75) is 26.4 Å². The van der Waals surface area contributed by atoms with Gasteiger partial charge in [-0.2, -0.15) is 0 Å². The first-order valence-electron chi connectivity index (χ1n) is 6.74. The average Bonchev–Trinajstić information content (AvgIpc) is 2.74. The van der Waals surface area contributed by atoms with Crippen LogP contribution in [0.5, 0.6) is 0 Å². The summed E-state index contributed by atoms with van der Waals surface area (Å²) in [5, 5.41) is 12.1. The molecule has 0 saturated heterocycles. The molecular weight excluding hydrogens is 293 g/mol. The fraction of sp³-hybridized carbons (Fsp3) is 0.429. The Labute approximate surface area is 126 Å². The second-order valence-corrected chi connectivity index (χ2v) is 5.76. The molecule has 0 fully saturated rings. The Kier molecular flexibility index (Phi) is 4.74. The first-order valence-corrected chi connectivity index (χ1v) is 7.15. The number of nitrogens with one attached hydrogen (secondary N) is 3. The van der Waals surface area contributed by atoms with Gasteiger partial charge in [-0.3, -0.25) is 4.79 Å². The average molecular weight is 311 g/mol. The number of hydrogen-bond acceptors (Lipinski definition) is 3. The van der Waals surface area contributed by atoms with Gasteiger partial charge in [-0.1, -0.05) is 6.92 Å². The summed E-state index contributed by atoms with van der Waals surface area (Å²) in [7, 11) is 0. The van der Waals surface area contributed by atoms with Gasteiger partial charge in [0.25, 0.3) is 5.91 Å². The molecule has 2 unspecified atom stereocenters. The maximum Gasteiger partial charge on any atom is 0.253 e. The summed E-state index contributed by atoms with van der Waals surface area (Å²) in [6.45, 7) is 4.04. The van der Waals surface area contributed by atoms with Gasteiger partial charge in [-0.25, -0.2) is 4.39 Å². The van der Waals surface area contributed by atoms with E-state index >= 15 is 0 Å². The summed E-state index contributed by atoms with van der Waals surface area (Å²) >= 11 is 4.96. The molecule has 1 amide bonds. The highest BCUT2D eigenvalue weighted by atomic mass is 32.1. The van der Waals surface area contributed by atoms with Crippen molar-refractivity contribution in [2.24, 2.45) is 5.92 Å². The molecule has 21 heavy (non-hydrogen) atoms. The minimum absolute atomic E-state index is 0.128. The fourth-order valence-electron chi connectivity index (χ4n) is 2.31. The zero-order valence-corrected chi connectivity index (χ0v) is 12.7. The number of benzene rings is 1. The summed E-state index contributed by atoms with van der Waals surface area (Å²) in [6.07, 6.45) is 0.171. The number of H-pyrrole nitrogens is 2. The van der Waals surface area contributed by atoms with Crippen molar-refractivity contribution < 1.29 is 14.3 Å². The SMILES string of the molecule is CC(O)CC(C)CNC(=O)c1cc(F)cc2[nH]c(=S)[nH]c12. The number of hydrogen-bond donors (Lipinski definition) is 4. The van der Waals surface area contributed by atoms with E-state index in [1.165, 1.54) is 12.1 Å². The third-order valence-corrected chi connectivity index (χ3v) is 3.39. The molecule has 0 radical (unpaired) electrons. The molecule has 0 aliphatic rings. The molecule has 1 heterocycles. The van der Waals surface area contributed by atoms with Crippen LogP contribution in [0.2, 0.25) is 0 Å². The molecule has 7 heteroatoms. The van der Waals surface area contributed by atoms with Crippen molar-refractivity contribution in [3.8, 4) is 0 Å². The second-order valence-electron chi connectivity index (χ2n) is 5.35. The molecule has 0 spiro atoms. The number of imidazole rings is 1. The van der Waals surface area contributed by atoms with E-state index in [2.05, 4.69) is 15.3 Å². The number of rotatable bonds is 5. The van der Waals surface area contributed by atoms with Crippen molar-refractivity contribution in [1.29, 1.82) is 0 Å². The summed E-state index contributed by atoms with van der Waals surface area (Å²) in [5.74, 6) is -0.750. The number of aliphatic hydroxyl groups is 1. The largest absolute Gasteiger partial charge is 0.393 e. The van der Waals surface area contributed by atoms with Crippen LogP contribution in [-0.2, 0) is 0 Å². The van der Waals surface area contributed by atoms with Gasteiger partial charge in [0.05, 0.1) is 22.7 Å². The predicted molar refractivity (Wildman–Crippen MR) is 81.2 cm³/mol. The normalized spacial score (nSPS) is 14.1. The van der Waals surface area contributed by atoms with Gasteiger partial charge in [0.2, 0.25) is 0 Å². The lowest BCUT2D eigenvalue weighted by atomic mass is 10.0. The number of halogens is 1. The summed E-state index contributed by atoms with van der Waals surface area (Å²) in [5.41, 5.74) is 1.16. The molecule has 0 aliphatic heterocycles. The quantitative estimate of drug-likeness (QED) is 0.640. The lowest BCUT2D eigenvalue weighted by Crippen LogP contribution is -2.29. The first-order chi connectivity index (χ1) is 9.86. The zero-order chi connectivity index (χ0) is 15.6. The van der Waals surface area contributed by atoms with E-state index < -0.39 is 11.9 Å². The van der Waals surface area contributed by atoms with Crippen LogP contribution >= 0.6 is 12.2 Å². The van der Waals surface area contributed by atoms with Crippen LogP contribution in [0.25, 0.3) is 11.0 Å². The molecule has 4 N–H and O–H groups in total. The van der Waals surface area contributed by atoms with Gasteiger partial charge in [-0.05, 0) is 43.6 Å². The van der Waals surface area contributed by atoms with E-state index in [4.69, 9.17) is 12.2 Å². The third-order valence-electron chi connectivity index (χ3n) is 3.19. The molecule has 0 saturated carbocycles. The zero-order valence-electron chi connectivity index (χ0n) is 11.9. The maximum atomic E-state index is 13.6. The molecule has 2 rings (SSSR count). The van der Waals surface area contributed by atoms with Crippen LogP contribution in [0.3, 0.4) is 0 Å². The minimum Gasteiger partial charge on any atom is -0.393 e. The Bertz CT molecular complexity index is 708. The van der Waals surface area contributed by atoms with Crippen molar-refractivity contribution in [2.75, 3.05) is 6.54 Å². The van der Waals surface area contributed by atoms with Crippen LogP contribution in [0.15, 0.2) is 12.1 Å². The van der Waals surface area contributed by atoms with E-state index in [0.717, 1.165) is 0 Å².